The molecule has 1 aliphatic heterocycles. The number of imidazole rings is 1. The minimum atomic E-state index is -2.74. The first kappa shape index (κ1) is 22.0. The van der Waals surface area contributed by atoms with E-state index in [9.17, 15) is 8.78 Å². The van der Waals surface area contributed by atoms with Gasteiger partial charge in [-0.3, -0.25) is 4.57 Å². The van der Waals surface area contributed by atoms with Gasteiger partial charge in [0.25, 0.3) is 6.43 Å². The smallest absolute Gasteiger partial charge is 0.296 e. The second-order valence-electron chi connectivity index (χ2n) is 8.71. The van der Waals surface area contributed by atoms with Gasteiger partial charge in [-0.25, -0.2) is 13.8 Å². The summed E-state index contributed by atoms with van der Waals surface area (Å²) in [5.74, 6) is 1.22. The third-order valence-corrected chi connectivity index (χ3v) is 6.63. The zero-order valence-corrected chi connectivity index (χ0v) is 18.7. The Morgan fingerprint density at radius 1 is 1.06 bits per heavy atom. The first-order valence-corrected chi connectivity index (χ1v) is 11.5. The highest BCUT2D eigenvalue weighted by Gasteiger charge is 2.29. The lowest BCUT2D eigenvalue weighted by Crippen LogP contribution is -2.48. The molecule has 2 aliphatic rings. The van der Waals surface area contributed by atoms with Gasteiger partial charge in [0.2, 0.25) is 5.95 Å². The van der Waals surface area contributed by atoms with Gasteiger partial charge in [0.15, 0.2) is 5.82 Å². The van der Waals surface area contributed by atoms with Crippen LogP contribution in [0.2, 0.25) is 0 Å². The van der Waals surface area contributed by atoms with E-state index >= 15 is 0 Å². The van der Waals surface area contributed by atoms with Crippen molar-refractivity contribution in [1.82, 2.24) is 19.5 Å². The van der Waals surface area contributed by atoms with Crippen LogP contribution in [-0.2, 0) is 4.74 Å². The lowest BCUT2D eigenvalue weighted by molar-refractivity contribution is 0.122. The van der Waals surface area contributed by atoms with Gasteiger partial charge in [0, 0.05) is 38.3 Å². The van der Waals surface area contributed by atoms with Crippen molar-refractivity contribution in [3.05, 3.63) is 36.2 Å². The number of likely N-dealkylation sites (N-methyl/N-ethyl adjacent to an activating group) is 1. The third kappa shape index (κ3) is 4.24. The molecule has 2 aromatic heterocycles. The zero-order valence-electron chi connectivity index (χ0n) is 18.7. The van der Waals surface area contributed by atoms with E-state index in [-0.39, 0.29) is 17.9 Å². The van der Waals surface area contributed by atoms with Crippen molar-refractivity contribution in [2.75, 3.05) is 43.2 Å². The molecule has 0 unspecified atom stereocenters. The van der Waals surface area contributed by atoms with Crippen molar-refractivity contribution in [3.63, 3.8) is 0 Å². The van der Waals surface area contributed by atoms with Crippen LogP contribution in [0.1, 0.15) is 37.9 Å². The summed E-state index contributed by atoms with van der Waals surface area (Å²) >= 11 is 0. The Bertz CT molecular complexity index is 1120. The maximum atomic E-state index is 14.0. The van der Waals surface area contributed by atoms with Crippen LogP contribution in [0.25, 0.3) is 16.9 Å². The van der Waals surface area contributed by atoms with Gasteiger partial charge in [-0.15, -0.1) is 0 Å². The fraction of sp³-hybridized carbons (Fsp3) is 0.522. The number of morpholine rings is 1. The number of benzene rings is 1. The fourth-order valence-electron chi connectivity index (χ4n) is 4.84. The van der Waals surface area contributed by atoms with Crippen molar-refractivity contribution in [2.24, 2.45) is 5.73 Å². The molecule has 2 atom stereocenters. The quantitative estimate of drug-likeness (QED) is 0.629. The molecular weight excluding hydrogens is 428 g/mol. The zero-order chi connectivity index (χ0) is 22.9. The Labute approximate surface area is 191 Å². The Kier molecular flexibility index (Phi) is 6.11. The molecule has 1 saturated carbocycles. The van der Waals surface area contributed by atoms with Crippen LogP contribution in [0.4, 0.5) is 20.5 Å². The fourth-order valence-corrected chi connectivity index (χ4v) is 4.84. The van der Waals surface area contributed by atoms with Crippen LogP contribution in [0, 0.1) is 0 Å². The Hall–Kier alpha value is -2.85. The highest BCUT2D eigenvalue weighted by molar-refractivity contribution is 5.78. The van der Waals surface area contributed by atoms with E-state index < -0.39 is 6.43 Å². The summed E-state index contributed by atoms with van der Waals surface area (Å²) < 4.78 is 35.0. The van der Waals surface area contributed by atoms with E-state index in [1.165, 1.54) is 4.57 Å². The lowest BCUT2D eigenvalue weighted by atomic mass is 9.90. The van der Waals surface area contributed by atoms with Crippen LogP contribution in [0.15, 0.2) is 30.3 Å². The molecule has 10 heteroatoms. The SMILES string of the molecule is CN(c1nc(N2CCOCC2)cc(-n2c(C(F)F)nc3ccccc32)n1)[C@H]1CCCC[C@H]1N. The molecule has 1 aliphatic carbocycles. The Balaban J connectivity index is 1.65. The standard InChI is InChI=1S/C23H29F2N7O/c1-30(17-8-4-2-6-15(17)26)23-28-19(31-10-12-33-13-11-31)14-20(29-23)32-18-9-5-3-7-16(18)27-22(32)21(24)25/h3,5,7,9,14-15,17,21H,2,4,6,8,10-13,26H2,1H3/t15-,17+/m1/s1. The number of aromatic nitrogens is 4. The third-order valence-electron chi connectivity index (χ3n) is 6.63. The van der Waals surface area contributed by atoms with Crippen molar-refractivity contribution < 1.29 is 13.5 Å². The predicted octanol–water partition coefficient (Wildman–Crippen LogP) is 3.30. The molecule has 3 heterocycles. The average Bonchev–Trinajstić information content (AvgIpc) is 3.24. The summed E-state index contributed by atoms with van der Waals surface area (Å²) in [6.45, 7) is 2.53. The van der Waals surface area contributed by atoms with E-state index in [2.05, 4.69) is 9.88 Å². The van der Waals surface area contributed by atoms with Crippen LogP contribution < -0.4 is 15.5 Å². The molecule has 0 spiro atoms. The molecule has 1 aromatic carbocycles. The molecule has 5 rings (SSSR count). The molecule has 0 bridgehead atoms. The van der Waals surface area contributed by atoms with Crippen LogP contribution in [0.3, 0.4) is 0 Å². The summed E-state index contributed by atoms with van der Waals surface area (Å²) in [5, 5.41) is 0. The maximum Gasteiger partial charge on any atom is 0.296 e. The summed E-state index contributed by atoms with van der Waals surface area (Å²) in [7, 11) is 1.94. The molecule has 0 amide bonds. The Morgan fingerprint density at radius 2 is 1.79 bits per heavy atom. The number of nitrogens with zero attached hydrogens (tertiary/aromatic N) is 6. The van der Waals surface area contributed by atoms with Gasteiger partial charge in [-0.05, 0) is 25.0 Å². The predicted molar refractivity (Wildman–Crippen MR) is 123 cm³/mol. The maximum absolute atomic E-state index is 14.0. The molecule has 2 N–H and O–H groups in total. The van der Waals surface area contributed by atoms with Gasteiger partial charge >= 0.3 is 0 Å². The van der Waals surface area contributed by atoms with E-state index in [1.807, 2.05) is 18.0 Å². The molecule has 176 valence electrons. The van der Waals surface area contributed by atoms with Crippen molar-refractivity contribution >= 4 is 22.8 Å². The first-order chi connectivity index (χ1) is 16.0. The number of hydrogen-bond acceptors (Lipinski definition) is 7. The number of para-hydroxylation sites is 2. The van der Waals surface area contributed by atoms with Crippen LogP contribution >= 0.6 is 0 Å². The molecule has 3 aromatic rings. The van der Waals surface area contributed by atoms with Gasteiger partial charge in [0.05, 0.1) is 24.2 Å². The average molecular weight is 458 g/mol. The second-order valence-corrected chi connectivity index (χ2v) is 8.71. The second kappa shape index (κ2) is 9.18. The van der Waals surface area contributed by atoms with E-state index in [1.54, 1.807) is 24.3 Å². The minimum absolute atomic E-state index is 0.0218. The van der Waals surface area contributed by atoms with Crippen molar-refractivity contribution in [3.8, 4) is 5.82 Å². The van der Waals surface area contributed by atoms with Crippen LogP contribution in [-0.4, -0.2) is 65.0 Å². The first-order valence-electron chi connectivity index (χ1n) is 11.5. The number of ether oxygens (including phenoxy) is 1. The summed E-state index contributed by atoms with van der Waals surface area (Å²) in [6, 6.07) is 9.00. The largest absolute Gasteiger partial charge is 0.378 e. The van der Waals surface area contributed by atoms with Gasteiger partial charge < -0.3 is 20.3 Å². The van der Waals surface area contributed by atoms with E-state index in [0.717, 1.165) is 25.7 Å². The number of nitrogens with two attached hydrogens (primary N) is 1. The molecule has 2 fully saturated rings. The lowest BCUT2D eigenvalue weighted by Gasteiger charge is -2.36. The van der Waals surface area contributed by atoms with Crippen LogP contribution in [0.5, 0.6) is 0 Å². The monoisotopic (exact) mass is 457 g/mol. The number of anilines is 2. The summed E-state index contributed by atoms with van der Waals surface area (Å²) in [6.07, 6.45) is 1.37. The number of rotatable bonds is 5. The van der Waals surface area contributed by atoms with Crippen molar-refractivity contribution in [2.45, 2.75) is 44.2 Å². The molecule has 33 heavy (non-hydrogen) atoms. The molecular formula is C23H29F2N7O. The van der Waals surface area contributed by atoms with E-state index in [4.69, 9.17) is 20.4 Å². The molecule has 1 saturated heterocycles. The summed E-state index contributed by atoms with van der Waals surface area (Å²) in [5.41, 5.74) is 7.52. The van der Waals surface area contributed by atoms with Gasteiger partial charge in [-0.2, -0.15) is 9.97 Å². The highest BCUT2D eigenvalue weighted by atomic mass is 19.3. The number of hydrogen-bond donors (Lipinski definition) is 1. The minimum Gasteiger partial charge on any atom is -0.378 e. The Morgan fingerprint density at radius 3 is 2.55 bits per heavy atom. The molecule has 0 radical (unpaired) electrons. The molecule has 8 nitrogen and oxygen atoms in total. The van der Waals surface area contributed by atoms with Crippen molar-refractivity contribution in [1.29, 1.82) is 0 Å². The number of halogens is 2. The summed E-state index contributed by atoms with van der Waals surface area (Å²) in [4.78, 5) is 17.9. The van der Waals surface area contributed by atoms with Gasteiger partial charge in [-0.1, -0.05) is 25.0 Å². The number of fused-ring (bicyclic) bond motifs is 1. The van der Waals surface area contributed by atoms with E-state index in [0.29, 0.717) is 54.9 Å². The topological polar surface area (TPSA) is 85.3 Å². The highest BCUT2D eigenvalue weighted by Crippen LogP contribution is 2.31. The van der Waals surface area contributed by atoms with Gasteiger partial charge in [0.1, 0.15) is 11.6 Å². The normalized spacial score (nSPS) is 21.7. The number of alkyl halides is 2.